The molecule has 1 aliphatic heterocycles. The van der Waals surface area contributed by atoms with Gasteiger partial charge in [-0.2, -0.15) is 0 Å². The minimum Gasteiger partial charge on any atom is -0.497 e. The number of nitrogens with one attached hydrogen (secondary N) is 2. The van der Waals surface area contributed by atoms with Gasteiger partial charge in [-0.25, -0.2) is 0 Å². The third-order valence-electron chi connectivity index (χ3n) is 5.34. The molecule has 142 valence electrons. The van der Waals surface area contributed by atoms with Crippen molar-refractivity contribution in [3.63, 3.8) is 0 Å². The number of hydrogen-bond acceptors (Lipinski definition) is 4. The molecule has 1 amide bonds. The molecular weight excluding hydrogens is 344 g/mol. The smallest absolute Gasteiger partial charge is 0.224 e. The van der Waals surface area contributed by atoms with E-state index < -0.39 is 0 Å². The molecule has 0 aliphatic carbocycles. The van der Waals surface area contributed by atoms with E-state index in [-0.39, 0.29) is 11.9 Å². The predicted molar refractivity (Wildman–Crippen MR) is 101 cm³/mol. The normalized spacial score (nSPS) is 15.9. The van der Waals surface area contributed by atoms with E-state index in [1.165, 1.54) is 17.7 Å². The van der Waals surface area contributed by atoms with Gasteiger partial charge >= 0.3 is 0 Å². The van der Waals surface area contributed by atoms with Crippen LogP contribution in [0.2, 0.25) is 0 Å². The summed E-state index contributed by atoms with van der Waals surface area (Å²) in [7, 11) is 1.62. The van der Waals surface area contributed by atoms with Crippen LogP contribution in [0.4, 0.5) is 0 Å². The molecule has 0 unspecified atom stereocenters. The Morgan fingerprint density at radius 3 is 2.85 bits per heavy atom. The molecule has 0 spiro atoms. The first-order valence-electron chi connectivity index (χ1n) is 9.43. The number of quaternary nitrogens is 1. The molecule has 1 atom stereocenters. The molecule has 1 aliphatic rings. The van der Waals surface area contributed by atoms with E-state index in [9.17, 15) is 4.79 Å². The zero-order valence-electron chi connectivity index (χ0n) is 15.5. The summed E-state index contributed by atoms with van der Waals surface area (Å²) >= 11 is 0. The Bertz CT molecular complexity index is 894. The molecule has 2 N–H and O–H groups in total. The number of hydrogen-bond donors (Lipinski definition) is 2. The minimum atomic E-state index is -0.0105. The molecule has 0 bridgehead atoms. The Labute approximate surface area is 158 Å². The van der Waals surface area contributed by atoms with E-state index in [1.807, 2.05) is 30.3 Å². The third kappa shape index (κ3) is 3.85. The van der Waals surface area contributed by atoms with Crippen molar-refractivity contribution in [2.24, 2.45) is 0 Å². The lowest BCUT2D eigenvalue weighted by atomic mass is 10.1. The second kappa shape index (κ2) is 7.88. The first-order valence-corrected chi connectivity index (χ1v) is 9.43. The van der Waals surface area contributed by atoms with Crippen molar-refractivity contribution in [2.75, 3.05) is 26.7 Å². The van der Waals surface area contributed by atoms with E-state index in [4.69, 9.17) is 13.6 Å². The first-order chi connectivity index (χ1) is 13.2. The summed E-state index contributed by atoms with van der Waals surface area (Å²) in [6.07, 6.45) is 6.10. The Balaban J connectivity index is 1.41. The number of ether oxygens (including phenoxy) is 1. The summed E-state index contributed by atoms with van der Waals surface area (Å²) in [6.45, 7) is 2.82. The fourth-order valence-corrected chi connectivity index (χ4v) is 3.89. The average Bonchev–Trinajstić information content (AvgIpc) is 3.44. The van der Waals surface area contributed by atoms with Crippen LogP contribution in [0.1, 0.15) is 30.2 Å². The zero-order valence-corrected chi connectivity index (χ0v) is 15.5. The summed E-state index contributed by atoms with van der Waals surface area (Å²) in [6, 6.07) is 9.71. The van der Waals surface area contributed by atoms with Gasteiger partial charge in [0.05, 0.1) is 45.7 Å². The molecule has 6 nitrogen and oxygen atoms in total. The van der Waals surface area contributed by atoms with Gasteiger partial charge in [0.25, 0.3) is 0 Å². The summed E-state index contributed by atoms with van der Waals surface area (Å²) in [5.41, 5.74) is 1.61. The van der Waals surface area contributed by atoms with Crippen molar-refractivity contribution in [2.45, 2.75) is 25.3 Å². The van der Waals surface area contributed by atoms with E-state index >= 15 is 0 Å². The van der Waals surface area contributed by atoms with E-state index in [2.05, 4.69) is 5.32 Å². The van der Waals surface area contributed by atoms with E-state index in [0.29, 0.717) is 13.0 Å². The molecule has 1 aromatic carbocycles. The first kappa shape index (κ1) is 17.7. The van der Waals surface area contributed by atoms with Crippen LogP contribution >= 0.6 is 0 Å². The van der Waals surface area contributed by atoms with Crippen molar-refractivity contribution in [3.05, 3.63) is 54.2 Å². The summed E-state index contributed by atoms with van der Waals surface area (Å²) in [5, 5.41) is 4.03. The zero-order chi connectivity index (χ0) is 18.6. The van der Waals surface area contributed by atoms with Crippen LogP contribution < -0.4 is 15.0 Å². The highest BCUT2D eigenvalue weighted by molar-refractivity contribution is 5.88. The number of carbonyl (C=O) groups is 1. The van der Waals surface area contributed by atoms with Gasteiger partial charge in [0, 0.05) is 29.9 Å². The van der Waals surface area contributed by atoms with Crippen molar-refractivity contribution >= 4 is 16.9 Å². The lowest BCUT2D eigenvalue weighted by Crippen LogP contribution is -3.11. The molecule has 3 heterocycles. The van der Waals surface area contributed by atoms with Gasteiger partial charge in [0.15, 0.2) is 11.8 Å². The van der Waals surface area contributed by atoms with Crippen LogP contribution in [0.15, 0.2) is 51.7 Å². The Morgan fingerprint density at radius 2 is 2.11 bits per heavy atom. The predicted octanol–water partition coefficient (Wildman–Crippen LogP) is 2.11. The van der Waals surface area contributed by atoms with Gasteiger partial charge in [0.1, 0.15) is 11.3 Å². The highest BCUT2D eigenvalue weighted by Gasteiger charge is 2.29. The molecule has 6 heteroatoms. The maximum absolute atomic E-state index is 12.5. The molecule has 0 radical (unpaired) electrons. The van der Waals surface area contributed by atoms with Crippen molar-refractivity contribution in [1.29, 1.82) is 0 Å². The number of furan rings is 2. The van der Waals surface area contributed by atoms with Gasteiger partial charge < -0.3 is 23.8 Å². The molecule has 4 rings (SSSR count). The van der Waals surface area contributed by atoms with Gasteiger partial charge in [-0.3, -0.25) is 4.79 Å². The number of amides is 1. The van der Waals surface area contributed by atoms with Gasteiger partial charge in [0.2, 0.25) is 5.91 Å². The molecule has 3 aromatic rings. The van der Waals surface area contributed by atoms with Gasteiger partial charge in [-0.1, -0.05) is 0 Å². The van der Waals surface area contributed by atoms with Crippen LogP contribution in [0.3, 0.4) is 0 Å². The number of likely N-dealkylation sites (tertiary alicyclic amines) is 1. The van der Waals surface area contributed by atoms with Crippen LogP contribution in [0.25, 0.3) is 11.0 Å². The maximum Gasteiger partial charge on any atom is 0.224 e. The van der Waals surface area contributed by atoms with E-state index in [1.54, 1.807) is 19.6 Å². The highest BCUT2D eigenvalue weighted by Crippen LogP contribution is 2.25. The van der Waals surface area contributed by atoms with Crippen LogP contribution in [0, 0.1) is 0 Å². The average molecular weight is 369 g/mol. The summed E-state index contributed by atoms with van der Waals surface area (Å²) < 4.78 is 16.4. The molecule has 1 fully saturated rings. The number of rotatable bonds is 7. The fourth-order valence-electron chi connectivity index (χ4n) is 3.89. The standard InChI is InChI=1S/C21H24N2O4/c1-25-16-6-7-17-15(14-27-20(17)12-16)11-21(24)22-13-18(19-5-4-10-26-19)23-8-2-3-9-23/h4-7,10,12,14,18H,2-3,8-9,11,13H2,1H3,(H,22,24)/p+1/t18-/m1/s1. The minimum absolute atomic E-state index is 0.0105. The topological polar surface area (TPSA) is 69.0 Å². The van der Waals surface area contributed by atoms with Crippen LogP contribution in [-0.4, -0.2) is 32.7 Å². The quantitative estimate of drug-likeness (QED) is 0.669. The third-order valence-corrected chi connectivity index (χ3v) is 5.34. The van der Waals surface area contributed by atoms with Gasteiger partial charge in [-0.15, -0.1) is 0 Å². The van der Waals surface area contributed by atoms with Crippen molar-refractivity contribution in [1.82, 2.24) is 5.32 Å². The maximum atomic E-state index is 12.5. The Morgan fingerprint density at radius 1 is 1.26 bits per heavy atom. The number of methoxy groups -OCH3 is 1. The monoisotopic (exact) mass is 369 g/mol. The highest BCUT2D eigenvalue weighted by atomic mass is 16.5. The number of carbonyl (C=O) groups excluding carboxylic acids is 1. The largest absolute Gasteiger partial charge is 0.497 e. The number of benzene rings is 1. The second-order valence-electron chi connectivity index (χ2n) is 7.04. The van der Waals surface area contributed by atoms with Gasteiger partial charge in [-0.05, 0) is 24.3 Å². The second-order valence-corrected chi connectivity index (χ2v) is 7.04. The lowest BCUT2D eigenvalue weighted by molar-refractivity contribution is -0.919. The molecule has 27 heavy (non-hydrogen) atoms. The number of fused-ring (bicyclic) bond motifs is 1. The molecular formula is C21H25N2O4+. The Kier molecular flexibility index (Phi) is 5.16. The summed E-state index contributed by atoms with van der Waals surface area (Å²) in [5.74, 6) is 1.67. The molecule has 1 saturated heterocycles. The van der Waals surface area contributed by atoms with Crippen molar-refractivity contribution in [3.8, 4) is 5.75 Å². The Hall–Kier alpha value is -2.73. The van der Waals surface area contributed by atoms with Crippen molar-refractivity contribution < 1.29 is 23.3 Å². The van der Waals surface area contributed by atoms with Crippen LogP contribution in [0.5, 0.6) is 5.75 Å². The lowest BCUT2D eigenvalue weighted by Gasteiger charge is -2.23. The fraction of sp³-hybridized carbons (Fsp3) is 0.381. The molecule has 0 saturated carbocycles. The SMILES string of the molecule is COc1ccc2c(CC(=O)NC[C@H](c3ccco3)[NH+]3CCCC3)coc2c1. The van der Waals surface area contributed by atoms with E-state index in [0.717, 1.165) is 41.1 Å². The molecule has 2 aromatic heterocycles. The van der Waals surface area contributed by atoms with Crippen LogP contribution in [-0.2, 0) is 11.2 Å². The summed E-state index contributed by atoms with van der Waals surface area (Å²) in [4.78, 5) is 14.0.